The molecule has 0 atom stereocenters. The van der Waals surface area contributed by atoms with Crippen molar-refractivity contribution in [1.29, 1.82) is 0 Å². The van der Waals surface area contributed by atoms with Crippen molar-refractivity contribution < 1.29 is 4.74 Å². The van der Waals surface area contributed by atoms with Crippen LogP contribution >= 0.6 is 0 Å². The van der Waals surface area contributed by atoms with Crippen molar-refractivity contribution in [1.82, 2.24) is 14.9 Å². The number of nitrogens with zero attached hydrogens (tertiary/aromatic N) is 4. The van der Waals surface area contributed by atoms with Crippen LogP contribution in [-0.2, 0) is 0 Å². The summed E-state index contributed by atoms with van der Waals surface area (Å²) in [5, 5.41) is 3.27. The average Bonchev–Trinajstić information content (AvgIpc) is 2.43. The number of anilines is 2. The number of hydrogen-bond acceptors (Lipinski definition) is 6. The Morgan fingerprint density at radius 1 is 1.20 bits per heavy atom. The van der Waals surface area contributed by atoms with Crippen molar-refractivity contribution in [3.8, 4) is 5.75 Å². The minimum absolute atomic E-state index is 0.716. The van der Waals surface area contributed by atoms with Crippen LogP contribution in [-0.4, -0.2) is 62.8 Å². The van der Waals surface area contributed by atoms with E-state index in [0.29, 0.717) is 5.75 Å². The largest absolute Gasteiger partial charge is 0.490 e. The van der Waals surface area contributed by atoms with E-state index < -0.39 is 0 Å². The molecule has 0 aliphatic carbocycles. The highest BCUT2D eigenvalue weighted by atomic mass is 16.5. The summed E-state index contributed by atoms with van der Waals surface area (Å²) >= 11 is 0. The number of hydrogen-bond donors (Lipinski definition) is 1. The fourth-order valence-corrected chi connectivity index (χ4v) is 1.92. The second-order valence-electron chi connectivity index (χ2n) is 5.08. The Morgan fingerprint density at radius 2 is 1.95 bits per heavy atom. The van der Waals surface area contributed by atoms with Gasteiger partial charge >= 0.3 is 0 Å². The fraction of sp³-hybridized carbons (Fsp3) is 0.714. The molecule has 1 aromatic heterocycles. The van der Waals surface area contributed by atoms with Crippen molar-refractivity contribution in [2.75, 3.05) is 58.1 Å². The Hall–Kier alpha value is -1.56. The first-order valence-corrected chi connectivity index (χ1v) is 7.08. The zero-order valence-corrected chi connectivity index (χ0v) is 13.3. The van der Waals surface area contributed by atoms with E-state index in [0.717, 1.165) is 44.1 Å². The third kappa shape index (κ3) is 4.85. The lowest BCUT2D eigenvalue weighted by atomic mass is 10.3. The van der Waals surface area contributed by atoms with Gasteiger partial charge in [0.15, 0.2) is 11.6 Å². The summed E-state index contributed by atoms with van der Waals surface area (Å²) in [4.78, 5) is 12.9. The summed E-state index contributed by atoms with van der Waals surface area (Å²) in [5.41, 5.74) is 0. The predicted molar refractivity (Wildman–Crippen MR) is 83.8 cm³/mol. The molecule has 1 heterocycles. The van der Waals surface area contributed by atoms with Gasteiger partial charge < -0.3 is 19.9 Å². The van der Waals surface area contributed by atoms with E-state index in [4.69, 9.17) is 4.74 Å². The van der Waals surface area contributed by atoms with Crippen LogP contribution in [0, 0.1) is 0 Å². The molecule has 0 saturated carbocycles. The molecule has 0 aliphatic heterocycles. The van der Waals surface area contributed by atoms with Gasteiger partial charge in [-0.3, -0.25) is 0 Å². The molecule has 0 bridgehead atoms. The Morgan fingerprint density at radius 3 is 2.55 bits per heavy atom. The van der Waals surface area contributed by atoms with Crippen LogP contribution in [0.5, 0.6) is 5.75 Å². The van der Waals surface area contributed by atoms with Gasteiger partial charge in [-0.25, -0.2) is 9.97 Å². The Labute approximate surface area is 122 Å². The minimum atomic E-state index is 0.716. The molecule has 20 heavy (non-hydrogen) atoms. The monoisotopic (exact) mass is 281 g/mol. The molecule has 1 N–H and O–H groups in total. The van der Waals surface area contributed by atoms with Crippen molar-refractivity contribution in [2.24, 2.45) is 0 Å². The molecule has 0 fully saturated rings. The van der Waals surface area contributed by atoms with Crippen LogP contribution in [0.3, 0.4) is 0 Å². The average molecular weight is 281 g/mol. The quantitative estimate of drug-likeness (QED) is 0.743. The molecule has 0 saturated heterocycles. The molecule has 0 unspecified atom stereocenters. The molecule has 6 heteroatoms. The number of nitrogens with one attached hydrogen (secondary N) is 1. The first-order chi connectivity index (χ1) is 9.60. The topological polar surface area (TPSA) is 53.5 Å². The molecule has 6 nitrogen and oxygen atoms in total. The molecule has 0 aromatic carbocycles. The van der Waals surface area contributed by atoms with Crippen LogP contribution < -0.4 is 15.0 Å². The van der Waals surface area contributed by atoms with Crippen molar-refractivity contribution in [2.45, 2.75) is 19.8 Å². The maximum absolute atomic E-state index is 5.48. The maximum atomic E-state index is 5.48. The fourth-order valence-electron chi connectivity index (χ4n) is 1.92. The van der Waals surface area contributed by atoms with Gasteiger partial charge in [-0.1, -0.05) is 6.92 Å². The summed E-state index contributed by atoms with van der Waals surface area (Å²) in [5.74, 6) is 2.31. The second kappa shape index (κ2) is 8.58. The van der Waals surface area contributed by atoms with Crippen molar-refractivity contribution in [3.05, 3.63) is 6.33 Å². The summed E-state index contributed by atoms with van der Waals surface area (Å²) in [6.07, 6.45) is 3.70. The molecule has 0 aliphatic rings. The van der Waals surface area contributed by atoms with Gasteiger partial charge in [0.2, 0.25) is 5.75 Å². The van der Waals surface area contributed by atoms with Crippen LogP contribution in [0.1, 0.15) is 19.8 Å². The van der Waals surface area contributed by atoms with E-state index in [1.165, 1.54) is 0 Å². The van der Waals surface area contributed by atoms with E-state index in [9.17, 15) is 0 Å². The Bertz CT molecular complexity index is 397. The number of methoxy groups -OCH3 is 1. The third-order valence-electron chi connectivity index (χ3n) is 2.99. The van der Waals surface area contributed by atoms with Gasteiger partial charge in [0.05, 0.1) is 7.11 Å². The lowest BCUT2D eigenvalue weighted by molar-refractivity contribution is 0.398. The molecule has 1 aromatic rings. The van der Waals surface area contributed by atoms with Gasteiger partial charge in [0, 0.05) is 20.1 Å². The lowest BCUT2D eigenvalue weighted by Crippen LogP contribution is -2.25. The van der Waals surface area contributed by atoms with E-state index >= 15 is 0 Å². The molecule has 0 spiro atoms. The van der Waals surface area contributed by atoms with Gasteiger partial charge in [-0.2, -0.15) is 0 Å². The Balaban J connectivity index is 2.76. The van der Waals surface area contributed by atoms with Crippen LogP contribution in [0.15, 0.2) is 6.33 Å². The SMILES string of the molecule is CCCNc1ncnc(N(C)CCCN(C)C)c1OC. The van der Waals surface area contributed by atoms with E-state index in [2.05, 4.69) is 46.1 Å². The number of aromatic nitrogens is 2. The highest BCUT2D eigenvalue weighted by Crippen LogP contribution is 2.31. The van der Waals surface area contributed by atoms with Crippen LogP contribution in [0.25, 0.3) is 0 Å². The van der Waals surface area contributed by atoms with Crippen molar-refractivity contribution in [3.63, 3.8) is 0 Å². The first-order valence-electron chi connectivity index (χ1n) is 7.08. The highest BCUT2D eigenvalue weighted by molar-refractivity contribution is 5.64. The molecular weight excluding hydrogens is 254 g/mol. The van der Waals surface area contributed by atoms with Crippen molar-refractivity contribution >= 4 is 11.6 Å². The van der Waals surface area contributed by atoms with Gasteiger partial charge in [0.25, 0.3) is 0 Å². The lowest BCUT2D eigenvalue weighted by Gasteiger charge is -2.22. The summed E-state index contributed by atoms with van der Waals surface area (Å²) in [6, 6.07) is 0. The first kappa shape index (κ1) is 16.5. The standard InChI is InChI=1S/C14H27N5O/c1-6-8-15-13-12(20-5)14(17-11-16-13)19(4)10-7-9-18(2)3/h11H,6-10H2,1-5H3,(H,15,16,17). The van der Waals surface area contributed by atoms with Gasteiger partial charge in [-0.05, 0) is 33.5 Å². The summed E-state index contributed by atoms with van der Waals surface area (Å²) < 4.78 is 5.48. The molecule has 0 radical (unpaired) electrons. The van der Waals surface area contributed by atoms with E-state index in [1.807, 2.05) is 7.05 Å². The van der Waals surface area contributed by atoms with Gasteiger partial charge in [-0.15, -0.1) is 0 Å². The number of rotatable bonds is 9. The maximum Gasteiger partial charge on any atom is 0.204 e. The third-order valence-corrected chi connectivity index (χ3v) is 2.99. The molecule has 0 amide bonds. The number of ether oxygens (including phenoxy) is 1. The zero-order valence-electron chi connectivity index (χ0n) is 13.3. The summed E-state index contributed by atoms with van der Waals surface area (Å²) in [7, 11) is 7.85. The van der Waals surface area contributed by atoms with Gasteiger partial charge in [0.1, 0.15) is 6.33 Å². The second-order valence-corrected chi connectivity index (χ2v) is 5.08. The minimum Gasteiger partial charge on any atom is -0.490 e. The normalized spacial score (nSPS) is 10.7. The highest BCUT2D eigenvalue weighted by Gasteiger charge is 2.15. The molecule has 114 valence electrons. The van der Waals surface area contributed by atoms with Crippen LogP contribution in [0.2, 0.25) is 0 Å². The Kier molecular flexibility index (Phi) is 7.08. The van der Waals surface area contributed by atoms with E-state index in [1.54, 1.807) is 13.4 Å². The molecule has 1 rings (SSSR count). The van der Waals surface area contributed by atoms with E-state index in [-0.39, 0.29) is 0 Å². The zero-order chi connectivity index (χ0) is 15.0. The molecular formula is C14H27N5O. The summed E-state index contributed by atoms with van der Waals surface area (Å²) in [6.45, 7) is 4.98. The van der Waals surface area contributed by atoms with Crippen LogP contribution in [0.4, 0.5) is 11.6 Å². The predicted octanol–water partition coefficient (Wildman–Crippen LogP) is 1.69. The smallest absolute Gasteiger partial charge is 0.204 e.